The zero-order valence-corrected chi connectivity index (χ0v) is 13.8. The second-order valence-electron chi connectivity index (χ2n) is 4.48. The summed E-state index contributed by atoms with van der Waals surface area (Å²) in [6, 6.07) is 0. The van der Waals surface area contributed by atoms with Crippen LogP contribution in [0.2, 0.25) is 0 Å². The summed E-state index contributed by atoms with van der Waals surface area (Å²) < 4.78 is 28.1. The number of nitrogen functional groups attached to an aromatic ring is 1. The third-order valence-electron chi connectivity index (χ3n) is 2.95. The van der Waals surface area contributed by atoms with Gasteiger partial charge in [-0.15, -0.1) is 22.7 Å². The molecule has 0 bridgehead atoms. The van der Waals surface area contributed by atoms with Crippen molar-refractivity contribution in [2.75, 3.05) is 12.8 Å². The lowest BCUT2D eigenvalue weighted by molar-refractivity contribution is 0.460. The van der Waals surface area contributed by atoms with E-state index in [2.05, 4.69) is 9.97 Å². The second-order valence-corrected chi connectivity index (χ2v) is 8.37. The molecule has 3 aromatic rings. The molecule has 112 valence electrons. The Hall–Kier alpha value is -1.49. The molecule has 10 heteroatoms. The molecule has 0 atom stereocenters. The number of imidazole rings is 1. The van der Waals surface area contributed by atoms with Gasteiger partial charge in [0.1, 0.15) is 0 Å². The molecule has 21 heavy (non-hydrogen) atoms. The third-order valence-corrected chi connectivity index (χ3v) is 6.37. The fraction of sp³-hybridized carbons (Fsp3) is 0.273. The Balaban J connectivity index is 1.99. The summed E-state index contributed by atoms with van der Waals surface area (Å²) in [5.74, 6) is 0.0168. The van der Waals surface area contributed by atoms with Crippen molar-refractivity contribution in [3.63, 3.8) is 0 Å². The highest BCUT2D eigenvalue weighted by Gasteiger charge is 2.29. The number of nitrogens with zero attached hydrogens (tertiary/aromatic N) is 4. The van der Waals surface area contributed by atoms with Crippen LogP contribution in [-0.2, 0) is 16.6 Å². The smallest absolute Gasteiger partial charge is 0.263 e. The van der Waals surface area contributed by atoms with Crippen molar-refractivity contribution in [3.05, 3.63) is 27.7 Å². The molecule has 0 spiro atoms. The topological polar surface area (TPSA) is 93.6 Å². The van der Waals surface area contributed by atoms with Crippen molar-refractivity contribution in [3.8, 4) is 0 Å². The van der Waals surface area contributed by atoms with Crippen molar-refractivity contribution in [1.29, 1.82) is 0 Å². The summed E-state index contributed by atoms with van der Waals surface area (Å²) in [5, 5.41) is 4.53. The molecule has 0 amide bonds. The summed E-state index contributed by atoms with van der Waals surface area (Å²) in [5.41, 5.74) is 6.49. The molecule has 3 rings (SSSR count). The van der Waals surface area contributed by atoms with Gasteiger partial charge in [0.15, 0.2) is 15.8 Å². The van der Waals surface area contributed by atoms with Gasteiger partial charge in [-0.25, -0.2) is 18.4 Å². The average molecular weight is 343 g/mol. The molecule has 0 saturated carbocycles. The van der Waals surface area contributed by atoms with Crippen molar-refractivity contribution in [2.24, 2.45) is 0 Å². The van der Waals surface area contributed by atoms with Gasteiger partial charge in [-0.3, -0.25) is 4.40 Å². The van der Waals surface area contributed by atoms with E-state index in [9.17, 15) is 8.42 Å². The molecule has 0 unspecified atom stereocenters. The maximum absolute atomic E-state index is 12.7. The van der Waals surface area contributed by atoms with Gasteiger partial charge in [0.25, 0.3) is 10.0 Å². The predicted molar refractivity (Wildman–Crippen MR) is 83.0 cm³/mol. The lowest BCUT2D eigenvalue weighted by atomic mass is 10.5. The van der Waals surface area contributed by atoms with Crippen LogP contribution in [0, 0.1) is 6.92 Å². The van der Waals surface area contributed by atoms with E-state index >= 15 is 0 Å². The van der Waals surface area contributed by atoms with Crippen LogP contribution in [0.5, 0.6) is 0 Å². The first-order chi connectivity index (χ1) is 9.89. The summed E-state index contributed by atoms with van der Waals surface area (Å²) in [6.45, 7) is 2.08. The summed E-state index contributed by atoms with van der Waals surface area (Å²) >= 11 is 2.82. The normalized spacial score (nSPS) is 12.5. The molecule has 0 saturated heterocycles. The van der Waals surface area contributed by atoms with Gasteiger partial charge in [-0.2, -0.15) is 4.31 Å². The van der Waals surface area contributed by atoms with Crippen molar-refractivity contribution < 1.29 is 8.42 Å². The van der Waals surface area contributed by atoms with E-state index in [0.29, 0.717) is 10.7 Å². The van der Waals surface area contributed by atoms with E-state index in [1.807, 2.05) is 12.3 Å². The van der Waals surface area contributed by atoms with Crippen molar-refractivity contribution in [2.45, 2.75) is 18.5 Å². The molecular formula is C11H13N5O2S3. The van der Waals surface area contributed by atoms with Crippen LogP contribution in [0.25, 0.3) is 4.96 Å². The first-order valence-electron chi connectivity index (χ1n) is 5.98. The number of rotatable bonds is 4. The van der Waals surface area contributed by atoms with Crippen LogP contribution in [-0.4, -0.2) is 34.1 Å². The van der Waals surface area contributed by atoms with Gasteiger partial charge < -0.3 is 5.73 Å². The quantitative estimate of drug-likeness (QED) is 0.776. The molecular weight excluding hydrogens is 330 g/mol. The minimum atomic E-state index is -3.73. The minimum absolute atomic E-state index is 0.00759. The summed E-state index contributed by atoms with van der Waals surface area (Å²) in [4.78, 5) is 8.91. The van der Waals surface area contributed by atoms with Crippen molar-refractivity contribution >= 4 is 43.5 Å². The molecule has 0 aromatic carbocycles. The summed E-state index contributed by atoms with van der Waals surface area (Å²) in [6.07, 6.45) is 1.65. The highest BCUT2D eigenvalue weighted by molar-refractivity contribution is 7.89. The third kappa shape index (κ3) is 2.44. The summed E-state index contributed by atoms with van der Waals surface area (Å²) in [7, 11) is -2.22. The number of hydrogen-bond donors (Lipinski definition) is 1. The monoisotopic (exact) mass is 343 g/mol. The van der Waals surface area contributed by atoms with E-state index in [1.54, 1.807) is 11.6 Å². The number of sulfonamides is 1. The average Bonchev–Trinajstić information content (AvgIpc) is 3.05. The molecule has 0 radical (unpaired) electrons. The highest BCUT2D eigenvalue weighted by atomic mass is 32.2. The molecule has 3 aromatic heterocycles. The SMILES string of the molecule is Cc1nc(CN(C)S(=O)(=O)c2c(N)nc3sccn23)cs1. The predicted octanol–water partition coefficient (Wildman–Crippen LogP) is 1.56. The molecule has 0 aliphatic rings. The molecule has 0 fully saturated rings. The van der Waals surface area contributed by atoms with Gasteiger partial charge in [0.2, 0.25) is 0 Å². The Morgan fingerprint density at radius 1 is 1.38 bits per heavy atom. The molecule has 0 aliphatic heterocycles. The Morgan fingerprint density at radius 3 is 2.81 bits per heavy atom. The van der Waals surface area contributed by atoms with Crippen LogP contribution in [0.4, 0.5) is 5.82 Å². The number of anilines is 1. The first-order valence-corrected chi connectivity index (χ1v) is 9.18. The van der Waals surface area contributed by atoms with Gasteiger partial charge in [0, 0.05) is 24.0 Å². The van der Waals surface area contributed by atoms with Gasteiger partial charge in [0.05, 0.1) is 17.2 Å². The van der Waals surface area contributed by atoms with Crippen molar-refractivity contribution in [1.82, 2.24) is 18.7 Å². The van der Waals surface area contributed by atoms with E-state index in [-0.39, 0.29) is 17.4 Å². The Labute approximate surface area is 129 Å². The molecule has 7 nitrogen and oxygen atoms in total. The largest absolute Gasteiger partial charge is 0.381 e. The standard InChI is InChI=1S/C11H13N5O2S3/c1-7-13-8(6-20-7)5-15(2)21(17,18)10-9(12)14-11-16(10)3-4-19-11/h3-4,6H,5,12H2,1-2H3. The maximum Gasteiger partial charge on any atom is 0.263 e. The number of aryl methyl sites for hydroxylation is 1. The van der Waals surface area contributed by atoms with Gasteiger partial charge in [-0.1, -0.05) is 0 Å². The first kappa shape index (κ1) is 14.4. The van der Waals surface area contributed by atoms with Crippen LogP contribution < -0.4 is 5.73 Å². The number of aromatic nitrogens is 3. The minimum Gasteiger partial charge on any atom is -0.381 e. The van der Waals surface area contributed by atoms with E-state index in [0.717, 1.165) is 5.01 Å². The Morgan fingerprint density at radius 2 is 2.14 bits per heavy atom. The van der Waals surface area contributed by atoms with Gasteiger partial charge >= 0.3 is 0 Å². The highest BCUT2D eigenvalue weighted by Crippen LogP contribution is 2.26. The van der Waals surface area contributed by atoms with E-state index < -0.39 is 10.0 Å². The fourth-order valence-electron chi connectivity index (χ4n) is 1.98. The number of hydrogen-bond acceptors (Lipinski definition) is 7. The van der Waals surface area contributed by atoms with Gasteiger partial charge in [-0.05, 0) is 6.92 Å². The number of fused-ring (bicyclic) bond motifs is 1. The zero-order chi connectivity index (χ0) is 15.2. The van der Waals surface area contributed by atoms with Crippen LogP contribution >= 0.6 is 22.7 Å². The zero-order valence-electron chi connectivity index (χ0n) is 11.3. The van der Waals surface area contributed by atoms with Crippen LogP contribution in [0.15, 0.2) is 22.0 Å². The Bertz CT molecular complexity index is 892. The fourth-order valence-corrected chi connectivity index (χ4v) is 4.67. The van der Waals surface area contributed by atoms with Crippen LogP contribution in [0.1, 0.15) is 10.7 Å². The number of thiazole rings is 2. The maximum atomic E-state index is 12.7. The van der Waals surface area contributed by atoms with E-state index in [4.69, 9.17) is 5.73 Å². The number of nitrogens with two attached hydrogens (primary N) is 1. The molecule has 0 aliphatic carbocycles. The van der Waals surface area contributed by atoms with E-state index in [1.165, 1.54) is 38.4 Å². The van der Waals surface area contributed by atoms with Crippen LogP contribution in [0.3, 0.4) is 0 Å². The lowest BCUT2D eigenvalue weighted by Gasteiger charge is -2.15. The molecule has 2 N–H and O–H groups in total. The molecule has 3 heterocycles. The lowest BCUT2D eigenvalue weighted by Crippen LogP contribution is -2.28. The Kier molecular flexibility index (Phi) is 3.48. The second kappa shape index (κ2) is 5.05.